The van der Waals surface area contributed by atoms with Crippen LogP contribution in [0.2, 0.25) is 0 Å². The van der Waals surface area contributed by atoms with Crippen molar-refractivity contribution in [2.75, 3.05) is 6.61 Å². The Morgan fingerprint density at radius 2 is 2.06 bits per heavy atom. The van der Waals surface area contributed by atoms with Crippen LogP contribution in [-0.4, -0.2) is 29.2 Å². The topological polar surface area (TPSA) is 65.1 Å². The fourth-order valence-corrected chi connectivity index (χ4v) is 1.10. The van der Waals surface area contributed by atoms with Crippen LogP contribution in [0.25, 0.3) is 0 Å². The second-order valence-corrected chi connectivity index (χ2v) is 4.50. The molecule has 6 nitrogen and oxygen atoms in total. The first-order valence-corrected chi connectivity index (χ1v) is 5.57. The van der Waals surface area contributed by atoms with E-state index in [1.807, 2.05) is 0 Å². The van der Waals surface area contributed by atoms with Crippen LogP contribution >= 0.6 is 0 Å². The van der Waals surface area contributed by atoms with Crippen LogP contribution in [0.3, 0.4) is 0 Å². The number of hydrogen-bond acceptors (Lipinski definition) is 5. The molecule has 1 rings (SSSR count). The molecule has 0 bridgehead atoms. The molecule has 0 saturated carbocycles. The summed E-state index contributed by atoms with van der Waals surface area (Å²) in [6, 6.07) is 0. The molecule has 0 aromatic heterocycles. The Kier molecular flexibility index (Phi) is 4.36. The molecule has 0 spiro atoms. The molecule has 0 aromatic carbocycles. The van der Waals surface area contributed by atoms with E-state index in [0.717, 1.165) is 4.90 Å². The summed E-state index contributed by atoms with van der Waals surface area (Å²) in [5.41, 5.74) is -0.610. The second kappa shape index (κ2) is 5.57. The molecule has 1 amide bonds. The predicted molar refractivity (Wildman–Crippen MR) is 63.0 cm³/mol. The Hall–Kier alpha value is -1.98. The van der Waals surface area contributed by atoms with Crippen molar-refractivity contribution in [3.63, 3.8) is 0 Å². The molecule has 0 N–H and O–H groups in total. The lowest BCUT2D eigenvalue weighted by Gasteiger charge is -2.24. The highest BCUT2D eigenvalue weighted by Gasteiger charge is 2.24. The van der Waals surface area contributed by atoms with Gasteiger partial charge < -0.3 is 14.2 Å². The number of amides is 1. The highest BCUT2D eigenvalue weighted by Crippen LogP contribution is 2.15. The number of carbonyl (C=O) groups excluding carboxylic acids is 2. The molecule has 18 heavy (non-hydrogen) atoms. The second-order valence-electron chi connectivity index (χ2n) is 4.50. The lowest BCUT2D eigenvalue weighted by atomic mass is 10.2. The molecule has 0 unspecified atom stereocenters. The quantitative estimate of drug-likeness (QED) is 0.707. The Balaban J connectivity index is 2.72. The van der Waals surface area contributed by atoms with Crippen molar-refractivity contribution in [2.45, 2.75) is 33.3 Å². The monoisotopic (exact) mass is 255 g/mol. The van der Waals surface area contributed by atoms with E-state index < -0.39 is 17.7 Å². The van der Waals surface area contributed by atoms with Crippen molar-refractivity contribution in [3.05, 3.63) is 24.4 Å². The zero-order valence-electron chi connectivity index (χ0n) is 10.9. The molecule has 6 heteroatoms. The van der Waals surface area contributed by atoms with Gasteiger partial charge >= 0.3 is 12.1 Å². The molecule has 0 saturated heterocycles. The van der Waals surface area contributed by atoms with Gasteiger partial charge in [-0.3, -0.25) is 4.90 Å². The van der Waals surface area contributed by atoms with Crippen LogP contribution < -0.4 is 0 Å². The Bertz CT molecular complexity index is 392. The Morgan fingerprint density at radius 3 is 2.61 bits per heavy atom. The van der Waals surface area contributed by atoms with Gasteiger partial charge in [-0.1, -0.05) is 0 Å². The van der Waals surface area contributed by atoms with Gasteiger partial charge in [0.2, 0.25) is 5.76 Å². The van der Waals surface area contributed by atoms with Crippen molar-refractivity contribution in [1.29, 1.82) is 0 Å². The van der Waals surface area contributed by atoms with Crippen LogP contribution in [0.5, 0.6) is 0 Å². The molecule has 0 fully saturated rings. The summed E-state index contributed by atoms with van der Waals surface area (Å²) in [5.74, 6) is -0.694. The van der Waals surface area contributed by atoms with E-state index in [1.54, 1.807) is 27.7 Å². The largest absolute Gasteiger partial charge is 0.460 e. The molecule has 0 radical (unpaired) electrons. The molecule has 0 atom stereocenters. The van der Waals surface area contributed by atoms with Crippen molar-refractivity contribution >= 4 is 12.1 Å². The minimum absolute atomic E-state index is 0.0646. The Labute approximate surface area is 106 Å². The normalized spacial score (nSPS) is 14.7. The van der Waals surface area contributed by atoms with E-state index in [0.29, 0.717) is 0 Å². The smallest absolute Gasteiger partial charge is 0.418 e. The van der Waals surface area contributed by atoms with E-state index in [2.05, 4.69) is 0 Å². The van der Waals surface area contributed by atoms with Gasteiger partial charge in [-0.05, 0) is 27.7 Å². The number of carbonyl (C=O) groups is 2. The van der Waals surface area contributed by atoms with E-state index in [4.69, 9.17) is 14.2 Å². The van der Waals surface area contributed by atoms with Crippen molar-refractivity contribution in [1.82, 2.24) is 4.90 Å². The lowest BCUT2D eigenvalue weighted by Crippen LogP contribution is -2.32. The molecule has 0 aliphatic carbocycles. The number of esters is 1. The van der Waals surface area contributed by atoms with E-state index in [1.165, 1.54) is 18.7 Å². The number of hydrogen-bond donors (Lipinski definition) is 0. The van der Waals surface area contributed by atoms with E-state index >= 15 is 0 Å². The fourth-order valence-electron chi connectivity index (χ4n) is 1.10. The molecule has 1 heterocycles. The van der Waals surface area contributed by atoms with Crippen LogP contribution in [0.15, 0.2) is 24.4 Å². The average molecular weight is 255 g/mol. The first kappa shape index (κ1) is 14.1. The molecule has 1 aliphatic rings. The maximum absolute atomic E-state index is 11.7. The lowest BCUT2D eigenvalue weighted by molar-refractivity contribution is -0.141. The Morgan fingerprint density at radius 1 is 1.39 bits per heavy atom. The van der Waals surface area contributed by atoms with Gasteiger partial charge in [0.05, 0.1) is 19.0 Å². The van der Waals surface area contributed by atoms with Gasteiger partial charge in [0.25, 0.3) is 0 Å². The number of ether oxygens (including phenoxy) is 3. The van der Waals surface area contributed by atoms with Crippen LogP contribution in [0.4, 0.5) is 4.79 Å². The average Bonchev–Trinajstić information content (AvgIpc) is 2.27. The van der Waals surface area contributed by atoms with Gasteiger partial charge in [-0.15, -0.1) is 0 Å². The van der Waals surface area contributed by atoms with Gasteiger partial charge in [-0.25, -0.2) is 9.59 Å². The summed E-state index contributed by atoms with van der Waals surface area (Å²) < 4.78 is 14.9. The minimum Gasteiger partial charge on any atom is -0.460 e. The molecule has 0 aromatic rings. The number of nitrogens with zero attached hydrogens (tertiary/aromatic N) is 1. The third-order valence-electron chi connectivity index (χ3n) is 1.75. The molecular formula is C12H17NO5. The predicted octanol–water partition coefficient (Wildman–Crippen LogP) is 2.13. The zero-order valence-corrected chi connectivity index (χ0v) is 10.9. The van der Waals surface area contributed by atoms with Gasteiger partial charge in [0.1, 0.15) is 11.9 Å². The summed E-state index contributed by atoms with van der Waals surface area (Å²) in [5, 5.41) is 0. The SMILES string of the molecule is CCOC(=O)C1=CN(C(=O)OC(C)(C)C)C=CO1. The third-order valence-corrected chi connectivity index (χ3v) is 1.75. The molecule has 100 valence electrons. The van der Waals surface area contributed by atoms with Gasteiger partial charge in [0.15, 0.2) is 0 Å². The summed E-state index contributed by atoms with van der Waals surface area (Å²) in [7, 11) is 0. The van der Waals surface area contributed by atoms with E-state index in [9.17, 15) is 9.59 Å². The van der Waals surface area contributed by atoms with Gasteiger partial charge in [0, 0.05) is 0 Å². The minimum atomic E-state index is -0.629. The van der Waals surface area contributed by atoms with Crippen LogP contribution in [0.1, 0.15) is 27.7 Å². The van der Waals surface area contributed by atoms with E-state index in [-0.39, 0.29) is 12.4 Å². The van der Waals surface area contributed by atoms with Gasteiger partial charge in [-0.2, -0.15) is 0 Å². The summed E-state index contributed by atoms with van der Waals surface area (Å²) in [6.45, 7) is 7.18. The summed E-state index contributed by atoms with van der Waals surface area (Å²) >= 11 is 0. The van der Waals surface area contributed by atoms with Crippen LogP contribution in [-0.2, 0) is 19.0 Å². The van der Waals surface area contributed by atoms with Crippen molar-refractivity contribution < 1.29 is 23.8 Å². The maximum Gasteiger partial charge on any atom is 0.418 e. The first-order valence-electron chi connectivity index (χ1n) is 5.57. The zero-order chi connectivity index (χ0) is 13.8. The molecule has 1 aliphatic heterocycles. The number of rotatable bonds is 2. The molecular weight excluding hydrogens is 238 g/mol. The van der Waals surface area contributed by atoms with Crippen molar-refractivity contribution in [2.24, 2.45) is 0 Å². The first-order chi connectivity index (χ1) is 8.33. The highest BCUT2D eigenvalue weighted by atomic mass is 16.6. The summed E-state index contributed by atoms with van der Waals surface area (Å²) in [4.78, 5) is 24.3. The fraction of sp³-hybridized carbons (Fsp3) is 0.500. The highest BCUT2D eigenvalue weighted by molar-refractivity contribution is 5.87. The van der Waals surface area contributed by atoms with Crippen molar-refractivity contribution in [3.8, 4) is 0 Å². The maximum atomic E-state index is 11.7. The summed E-state index contributed by atoms with van der Waals surface area (Å²) in [6.07, 6.45) is 3.21. The third kappa shape index (κ3) is 4.12. The van der Waals surface area contributed by atoms with Crippen LogP contribution in [0, 0.1) is 0 Å². The standard InChI is InChI=1S/C12H17NO5/c1-5-16-10(14)9-8-13(6-7-17-9)11(15)18-12(2,3)4/h6-8H,5H2,1-4H3.